The fourth-order valence-electron chi connectivity index (χ4n) is 1.93. The highest BCUT2D eigenvalue weighted by molar-refractivity contribution is 5.72. The molecule has 0 bridgehead atoms. The predicted molar refractivity (Wildman–Crippen MR) is 103 cm³/mol. The van der Waals surface area contributed by atoms with Crippen LogP contribution in [0.4, 0.5) is 4.39 Å². The molecule has 0 radical (unpaired) electrons. The molecule has 0 aliphatic heterocycles. The second-order valence-electron chi connectivity index (χ2n) is 5.70. The Morgan fingerprint density at radius 1 is 1.07 bits per heavy atom. The van der Waals surface area contributed by atoms with Crippen molar-refractivity contribution in [3.63, 3.8) is 0 Å². The van der Waals surface area contributed by atoms with Gasteiger partial charge in [0.05, 0.1) is 6.54 Å². The maximum Gasteiger partial charge on any atom is 0.217 e. The number of aliphatic hydroxyl groups is 1. The van der Waals surface area contributed by atoms with Crippen molar-refractivity contribution >= 4 is 5.91 Å². The van der Waals surface area contributed by atoms with Gasteiger partial charge < -0.3 is 15.2 Å². The molecule has 6 heteroatoms. The number of halogens is 1. The first-order valence-corrected chi connectivity index (χ1v) is 8.37. The molecule has 0 aromatic heterocycles. The third kappa shape index (κ3) is 10.1. The zero-order valence-corrected chi connectivity index (χ0v) is 15.8. The summed E-state index contributed by atoms with van der Waals surface area (Å²) < 4.78 is 17.1. The monoisotopic (exact) mass is 372 g/mol. The third-order valence-corrected chi connectivity index (χ3v) is 3.24. The number of hydrogen-bond acceptors (Lipinski definition) is 4. The molecule has 0 heterocycles. The van der Waals surface area contributed by atoms with Gasteiger partial charge in [0, 0.05) is 38.8 Å². The minimum absolute atomic E-state index is 0.163. The zero-order valence-electron chi connectivity index (χ0n) is 15.8. The average molecular weight is 372 g/mol. The predicted octanol–water partition coefficient (Wildman–Crippen LogP) is 2.03. The van der Waals surface area contributed by atoms with E-state index >= 15 is 0 Å². The summed E-state index contributed by atoms with van der Waals surface area (Å²) in [5, 5.41) is 15.1. The van der Waals surface area contributed by atoms with E-state index in [1.807, 2.05) is 24.3 Å². The van der Waals surface area contributed by atoms with Crippen LogP contribution >= 0.6 is 0 Å². The number of hydrogen-bond donors (Lipinski definition) is 3. The molecule has 0 aliphatic carbocycles. The second kappa shape index (κ2) is 12.6. The lowest BCUT2D eigenvalue weighted by atomic mass is 10.1. The standard InChI is InChI=1S/C19H19FN2O2.C2H6O/c1-14(23)21-13-19(24)22-12-17-6-4-15(5-7-17)2-3-16-8-10-18(20)11-9-16;1-3-2/h4-11,19,22,24H,12-13H2,1H3,(H,21,23);1-2H3. The van der Waals surface area contributed by atoms with Crippen molar-refractivity contribution < 1.29 is 19.0 Å². The van der Waals surface area contributed by atoms with E-state index in [4.69, 9.17) is 0 Å². The van der Waals surface area contributed by atoms with Crippen molar-refractivity contribution in [2.75, 3.05) is 20.8 Å². The van der Waals surface area contributed by atoms with Crippen LogP contribution in [0.15, 0.2) is 48.5 Å². The summed E-state index contributed by atoms with van der Waals surface area (Å²) in [5.41, 5.74) is 2.59. The Bertz CT molecular complexity index is 750. The van der Waals surface area contributed by atoms with Crippen LogP contribution in [0.5, 0.6) is 0 Å². The van der Waals surface area contributed by atoms with Gasteiger partial charge >= 0.3 is 0 Å². The van der Waals surface area contributed by atoms with Gasteiger partial charge in [0.15, 0.2) is 0 Å². The highest BCUT2D eigenvalue weighted by Crippen LogP contribution is 2.05. The van der Waals surface area contributed by atoms with Crippen LogP contribution in [0.3, 0.4) is 0 Å². The first kappa shape index (κ1) is 22.3. The van der Waals surface area contributed by atoms with Crippen molar-refractivity contribution in [1.29, 1.82) is 0 Å². The number of ether oxygens (including phenoxy) is 1. The molecule has 27 heavy (non-hydrogen) atoms. The third-order valence-electron chi connectivity index (χ3n) is 3.24. The molecular weight excluding hydrogens is 347 g/mol. The Hall–Kier alpha value is -2.72. The molecule has 2 aromatic carbocycles. The van der Waals surface area contributed by atoms with Gasteiger partial charge in [-0.3, -0.25) is 10.1 Å². The first-order chi connectivity index (χ1) is 12.9. The maximum atomic E-state index is 12.8. The molecule has 5 nitrogen and oxygen atoms in total. The van der Waals surface area contributed by atoms with Gasteiger partial charge in [-0.15, -0.1) is 0 Å². The lowest BCUT2D eigenvalue weighted by molar-refractivity contribution is -0.119. The lowest BCUT2D eigenvalue weighted by Gasteiger charge is -2.13. The van der Waals surface area contributed by atoms with Crippen molar-refractivity contribution in [3.8, 4) is 11.8 Å². The molecule has 2 rings (SSSR count). The van der Waals surface area contributed by atoms with Crippen LogP contribution in [0, 0.1) is 17.7 Å². The Balaban J connectivity index is 0.00000114. The number of carbonyl (C=O) groups is 1. The first-order valence-electron chi connectivity index (χ1n) is 8.37. The number of carbonyl (C=O) groups excluding carboxylic acids is 1. The summed E-state index contributed by atoms with van der Waals surface area (Å²) in [4.78, 5) is 10.8. The summed E-state index contributed by atoms with van der Waals surface area (Å²) in [5.74, 6) is 5.53. The number of nitrogens with one attached hydrogen (secondary N) is 2. The molecule has 1 atom stereocenters. The van der Waals surface area contributed by atoms with Gasteiger partial charge in [-0.1, -0.05) is 24.0 Å². The number of benzene rings is 2. The van der Waals surface area contributed by atoms with E-state index in [2.05, 4.69) is 27.2 Å². The summed E-state index contributed by atoms with van der Waals surface area (Å²) in [6.45, 7) is 2.04. The fourth-order valence-corrected chi connectivity index (χ4v) is 1.93. The highest BCUT2D eigenvalue weighted by atomic mass is 19.1. The summed E-state index contributed by atoms with van der Waals surface area (Å²) in [7, 11) is 3.25. The van der Waals surface area contributed by atoms with Gasteiger partial charge in [-0.25, -0.2) is 4.39 Å². The number of methoxy groups -OCH3 is 1. The normalized spacial score (nSPS) is 10.7. The average Bonchev–Trinajstić information content (AvgIpc) is 2.66. The molecule has 0 fully saturated rings. The van der Waals surface area contributed by atoms with Crippen molar-refractivity contribution in [3.05, 3.63) is 71.0 Å². The molecule has 0 aliphatic rings. The number of amides is 1. The van der Waals surface area contributed by atoms with Gasteiger partial charge in [-0.05, 0) is 42.0 Å². The van der Waals surface area contributed by atoms with E-state index in [-0.39, 0.29) is 18.3 Å². The summed E-state index contributed by atoms with van der Waals surface area (Å²) >= 11 is 0. The van der Waals surface area contributed by atoms with Crippen LogP contribution < -0.4 is 10.6 Å². The van der Waals surface area contributed by atoms with Crippen LogP contribution in [0.2, 0.25) is 0 Å². The largest absolute Gasteiger partial charge is 0.388 e. The van der Waals surface area contributed by atoms with E-state index < -0.39 is 6.23 Å². The van der Waals surface area contributed by atoms with Crippen LogP contribution in [0.25, 0.3) is 0 Å². The van der Waals surface area contributed by atoms with Gasteiger partial charge in [0.2, 0.25) is 5.91 Å². The van der Waals surface area contributed by atoms with E-state index in [0.717, 1.165) is 16.7 Å². The molecule has 1 amide bonds. The number of aliphatic hydroxyl groups excluding tert-OH is 1. The van der Waals surface area contributed by atoms with E-state index in [1.54, 1.807) is 26.4 Å². The molecule has 1 unspecified atom stereocenters. The zero-order chi connectivity index (χ0) is 20.1. The molecule has 0 saturated carbocycles. The Morgan fingerprint density at radius 3 is 2.04 bits per heavy atom. The SMILES string of the molecule is CC(=O)NCC(O)NCc1ccc(C#Cc2ccc(F)cc2)cc1.COC. The topological polar surface area (TPSA) is 70.6 Å². The molecule has 144 valence electrons. The number of rotatable bonds is 5. The Kier molecular flexibility index (Phi) is 10.4. The molecular formula is C21H25FN2O3. The van der Waals surface area contributed by atoms with Gasteiger partial charge in [-0.2, -0.15) is 0 Å². The highest BCUT2D eigenvalue weighted by Gasteiger charge is 2.03. The second-order valence-corrected chi connectivity index (χ2v) is 5.70. The van der Waals surface area contributed by atoms with Crippen LogP contribution in [-0.4, -0.2) is 38.0 Å². The van der Waals surface area contributed by atoms with E-state index in [9.17, 15) is 14.3 Å². The van der Waals surface area contributed by atoms with E-state index in [1.165, 1.54) is 19.1 Å². The van der Waals surface area contributed by atoms with Crippen LogP contribution in [0.1, 0.15) is 23.6 Å². The Morgan fingerprint density at radius 2 is 1.56 bits per heavy atom. The molecule has 0 saturated heterocycles. The minimum atomic E-state index is -0.799. The quantitative estimate of drug-likeness (QED) is 0.555. The smallest absolute Gasteiger partial charge is 0.217 e. The maximum absolute atomic E-state index is 12.8. The lowest BCUT2D eigenvalue weighted by Crippen LogP contribution is -2.39. The van der Waals surface area contributed by atoms with Crippen molar-refractivity contribution in [1.82, 2.24) is 10.6 Å². The van der Waals surface area contributed by atoms with Gasteiger partial charge in [0.1, 0.15) is 12.0 Å². The fraction of sp³-hybridized carbons (Fsp3) is 0.286. The van der Waals surface area contributed by atoms with Crippen molar-refractivity contribution in [2.45, 2.75) is 19.7 Å². The van der Waals surface area contributed by atoms with E-state index in [0.29, 0.717) is 6.54 Å². The minimum Gasteiger partial charge on any atom is -0.388 e. The summed E-state index contributed by atoms with van der Waals surface area (Å²) in [6, 6.07) is 13.6. The molecule has 2 aromatic rings. The molecule has 0 spiro atoms. The summed E-state index contributed by atoms with van der Waals surface area (Å²) in [6.07, 6.45) is -0.799. The van der Waals surface area contributed by atoms with Crippen molar-refractivity contribution in [2.24, 2.45) is 0 Å². The molecule has 3 N–H and O–H groups in total. The van der Waals surface area contributed by atoms with Crippen LogP contribution in [-0.2, 0) is 16.1 Å². The Labute approximate surface area is 159 Å². The van der Waals surface area contributed by atoms with Gasteiger partial charge in [0.25, 0.3) is 0 Å².